The van der Waals surface area contributed by atoms with Crippen molar-refractivity contribution in [3.63, 3.8) is 0 Å². The first-order valence-electron chi connectivity index (χ1n) is 9.22. The molecule has 0 atom stereocenters. The Hall–Kier alpha value is -3.18. The Bertz CT molecular complexity index is 1080. The molecule has 4 nitrogen and oxygen atoms in total. The molecule has 29 heavy (non-hydrogen) atoms. The van der Waals surface area contributed by atoms with Gasteiger partial charge in [0.25, 0.3) is 0 Å². The van der Waals surface area contributed by atoms with Crippen LogP contribution in [0, 0.1) is 20.8 Å². The Morgan fingerprint density at radius 3 is 2.34 bits per heavy atom. The maximum absolute atomic E-state index is 12.5. The Kier molecular flexibility index (Phi) is 6.29. The molecule has 1 heterocycles. The first kappa shape index (κ1) is 20.6. The second kappa shape index (κ2) is 8.88. The van der Waals surface area contributed by atoms with E-state index in [4.69, 9.17) is 4.74 Å². The van der Waals surface area contributed by atoms with Gasteiger partial charge in [0, 0.05) is 17.0 Å². The molecule has 5 heteroatoms. The number of nitrogens with one attached hydrogen (secondary N) is 1. The highest BCUT2D eigenvalue weighted by molar-refractivity contribution is 7.15. The van der Waals surface area contributed by atoms with Crippen molar-refractivity contribution in [2.24, 2.45) is 0 Å². The van der Waals surface area contributed by atoms with Crippen molar-refractivity contribution in [2.45, 2.75) is 20.8 Å². The lowest BCUT2D eigenvalue weighted by Gasteiger charge is -2.09. The van der Waals surface area contributed by atoms with Gasteiger partial charge in [-0.05, 0) is 43.5 Å². The van der Waals surface area contributed by atoms with E-state index in [1.807, 2.05) is 68.6 Å². The number of rotatable bonds is 5. The normalized spacial score (nSPS) is 10.9. The van der Waals surface area contributed by atoms with Gasteiger partial charge in [0.1, 0.15) is 10.6 Å². The zero-order valence-corrected chi connectivity index (χ0v) is 17.7. The van der Waals surface area contributed by atoms with Crippen molar-refractivity contribution in [3.05, 3.63) is 81.7 Å². The quantitative estimate of drug-likeness (QED) is 0.432. The predicted molar refractivity (Wildman–Crippen MR) is 119 cm³/mol. The summed E-state index contributed by atoms with van der Waals surface area (Å²) < 4.78 is 4.99. The molecule has 0 saturated carbocycles. The van der Waals surface area contributed by atoms with Crippen LogP contribution >= 0.6 is 11.3 Å². The summed E-state index contributed by atoms with van der Waals surface area (Å²) in [5, 5.41) is 5.18. The molecular formula is C24H23NO3S. The maximum Gasteiger partial charge on any atom is 0.341 e. The first-order chi connectivity index (χ1) is 13.9. The topological polar surface area (TPSA) is 55.4 Å². The van der Waals surface area contributed by atoms with Crippen LogP contribution in [0.4, 0.5) is 5.00 Å². The molecule has 0 aliphatic rings. The van der Waals surface area contributed by atoms with E-state index >= 15 is 0 Å². The molecule has 1 aromatic heterocycles. The van der Waals surface area contributed by atoms with Gasteiger partial charge in [-0.15, -0.1) is 11.3 Å². The summed E-state index contributed by atoms with van der Waals surface area (Å²) in [7, 11) is 1.34. The molecule has 1 N–H and O–H groups in total. The Balaban J connectivity index is 1.90. The van der Waals surface area contributed by atoms with Gasteiger partial charge in [0.05, 0.1) is 7.11 Å². The fourth-order valence-corrected chi connectivity index (χ4v) is 3.93. The van der Waals surface area contributed by atoms with Crippen molar-refractivity contribution >= 4 is 34.3 Å². The van der Waals surface area contributed by atoms with E-state index in [1.165, 1.54) is 24.5 Å². The number of ether oxygens (including phenoxy) is 1. The summed E-state index contributed by atoms with van der Waals surface area (Å²) in [6.07, 6.45) is 3.20. The van der Waals surface area contributed by atoms with Crippen LogP contribution in [-0.4, -0.2) is 19.0 Å². The van der Waals surface area contributed by atoms with E-state index in [0.717, 1.165) is 33.4 Å². The lowest BCUT2D eigenvalue weighted by molar-refractivity contribution is -0.111. The fraction of sp³-hybridized carbons (Fsp3) is 0.167. The SMILES string of the molecule is COC(=O)c1c(-c2cc(C)ccc2C)csc1NC(=O)/C=C/c1ccc(C)cc1. The molecule has 0 radical (unpaired) electrons. The van der Waals surface area contributed by atoms with Gasteiger partial charge in [-0.3, -0.25) is 4.79 Å². The third kappa shape index (κ3) is 4.81. The van der Waals surface area contributed by atoms with E-state index in [1.54, 1.807) is 6.08 Å². The van der Waals surface area contributed by atoms with Gasteiger partial charge in [0.2, 0.25) is 5.91 Å². The van der Waals surface area contributed by atoms with Crippen molar-refractivity contribution in [3.8, 4) is 11.1 Å². The minimum atomic E-state index is -0.472. The van der Waals surface area contributed by atoms with Gasteiger partial charge in [0.15, 0.2) is 0 Å². The molecule has 0 aliphatic carbocycles. The van der Waals surface area contributed by atoms with Gasteiger partial charge in [-0.2, -0.15) is 0 Å². The second-order valence-corrected chi connectivity index (χ2v) is 7.78. The van der Waals surface area contributed by atoms with Crippen molar-refractivity contribution in [1.82, 2.24) is 0 Å². The molecule has 3 rings (SSSR count). The fourth-order valence-electron chi connectivity index (χ4n) is 2.98. The van der Waals surface area contributed by atoms with Crippen LogP contribution in [0.1, 0.15) is 32.6 Å². The van der Waals surface area contributed by atoms with E-state index < -0.39 is 5.97 Å². The number of aryl methyl sites for hydroxylation is 3. The van der Waals surface area contributed by atoms with Crippen LogP contribution in [0.3, 0.4) is 0 Å². The number of carbonyl (C=O) groups is 2. The first-order valence-corrected chi connectivity index (χ1v) is 10.1. The lowest BCUT2D eigenvalue weighted by atomic mass is 9.97. The number of thiophene rings is 1. The monoisotopic (exact) mass is 405 g/mol. The third-order valence-electron chi connectivity index (χ3n) is 4.61. The molecule has 0 bridgehead atoms. The molecule has 1 amide bonds. The summed E-state index contributed by atoms with van der Waals surface area (Å²) in [4.78, 5) is 24.9. The van der Waals surface area contributed by atoms with Crippen LogP contribution in [0.2, 0.25) is 0 Å². The predicted octanol–water partition coefficient (Wildman–Crippen LogP) is 5.78. The summed E-state index contributed by atoms with van der Waals surface area (Å²) >= 11 is 1.31. The number of anilines is 1. The zero-order chi connectivity index (χ0) is 21.0. The number of hydrogen-bond acceptors (Lipinski definition) is 4. The molecule has 0 unspecified atom stereocenters. The molecule has 2 aromatic carbocycles. The number of hydrogen-bond donors (Lipinski definition) is 1. The largest absolute Gasteiger partial charge is 0.465 e. The Labute approximate surface area is 174 Å². The lowest BCUT2D eigenvalue weighted by Crippen LogP contribution is -2.11. The summed E-state index contributed by atoms with van der Waals surface area (Å²) in [6.45, 7) is 6.01. The smallest absolute Gasteiger partial charge is 0.341 e. The third-order valence-corrected chi connectivity index (χ3v) is 5.50. The molecule has 3 aromatic rings. The molecule has 0 aliphatic heterocycles. The number of carbonyl (C=O) groups excluding carboxylic acids is 2. The van der Waals surface area contributed by atoms with Crippen LogP contribution in [-0.2, 0) is 9.53 Å². The van der Waals surface area contributed by atoms with Crippen LogP contribution in [0.5, 0.6) is 0 Å². The zero-order valence-electron chi connectivity index (χ0n) is 16.9. The second-order valence-electron chi connectivity index (χ2n) is 6.90. The number of methoxy groups -OCH3 is 1. The number of benzene rings is 2. The standard InChI is InChI=1S/C24H23NO3S/c1-15-6-9-18(10-7-15)11-12-21(26)25-23-22(24(27)28-4)20(14-29-23)19-13-16(2)5-8-17(19)3/h5-14H,1-4H3,(H,25,26)/b12-11+. The van der Waals surface area contributed by atoms with E-state index in [0.29, 0.717) is 10.6 Å². The average Bonchev–Trinajstić information content (AvgIpc) is 3.12. The van der Waals surface area contributed by atoms with Crippen LogP contribution < -0.4 is 5.32 Å². The minimum absolute atomic E-state index is 0.301. The Morgan fingerprint density at radius 1 is 0.966 bits per heavy atom. The molecule has 0 saturated heterocycles. The van der Waals surface area contributed by atoms with Gasteiger partial charge in [-0.1, -0.05) is 53.6 Å². The molecule has 0 spiro atoms. The highest BCUT2D eigenvalue weighted by Gasteiger charge is 2.22. The summed E-state index contributed by atoms with van der Waals surface area (Å²) in [6, 6.07) is 14.0. The van der Waals surface area contributed by atoms with Gasteiger partial charge >= 0.3 is 5.97 Å². The van der Waals surface area contributed by atoms with Gasteiger partial charge < -0.3 is 10.1 Å². The van der Waals surface area contributed by atoms with Crippen LogP contribution in [0.15, 0.2) is 53.9 Å². The van der Waals surface area contributed by atoms with Crippen molar-refractivity contribution in [2.75, 3.05) is 12.4 Å². The van der Waals surface area contributed by atoms with Crippen molar-refractivity contribution < 1.29 is 14.3 Å². The molecule has 0 fully saturated rings. The molecule has 148 valence electrons. The van der Waals surface area contributed by atoms with Crippen molar-refractivity contribution in [1.29, 1.82) is 0 Å². The van der Waals surface area contributed by atoms with E-state index in [2.05, 4.69) is 5.32 Å². The highest BCUT2D eigenvalue weighted by Crippen LogP contribution is 2.38. The van der Waals surface area contributed by atoms with Crippen LogP contribution in [0.25, 0.3) is 17.2 Å². The van der Waals surface area contributed by atoms with E-state index in [9.17, 15) is 9.59 Å². The number of esters is 1. The maximum atomic E-state index is 12.5. The highest BCUT2D eigenvalue weighted by atomic mass is 32.1. The minimum Gasteiger partial charge on any atom is -0.465 e. The van der Waals surface area contributed by atoms with Gasteiger partial charge in [-0.25, -0.2) is 4.79 Å². The average molecular weight is 406 g/mol. The number of amides is 1. The molecular weight excluding hydrogens is 382 g/mol. The summed E-state index contributed by atoms with van der Waals surface area (Å²) in [5.74, 6) is -0.773. The van der Waals surface area contributed by atoms with E-state index in [-0.39, 0.29) is 5.91 Å². The Morgan fingerprint density at radius 2 is 1.66 bits per heavy atom. The summed E-state index contributed by atoms with van der Waals surface area (Å²) in [5.41, 5.74) is 6.34.